The summed E-state index contributed by atoms with van der Waals surface area (Å²) in [5.41, 5.74) is 7.51. The first-order valence-electron chi connectivity index (χ1n) is 10.5. The minimum atomic E-state index is -0.350. The van der Waals surface area contributed by atoms with Crippen molar-refractivity contribution in [2.24, 2.45) is 0 Å². The topological polar surface area (TPSA) is 67.9 Å². The fourth-order valence-electron chi connectivity index (χ4n) is 4.19. The Kier molecular flexibility index (Phi) is 5.08. The molecule has 2 aromatic carbocycles. The lowest BCUT2D eigenvalue weighted by Gasteiger charge is -2.08. The van der Waals surface area contributed by atoms with E-state index in [2.05, 4.69) is 40.3 Å². The van der Waals surface area contributed by atoms with Gasteiger partial charge in [-0.15, -0.1) is 0 Å². The zero-order chi connectivity index (χ0) is 21.2. The van der Waals surface area contributed by atoms with Crippen molar-refractivity contribution in [1.82, 2.24) is 15.0 Å². The molecule has 0 saturated carbocycles. The Balaban J connectivity index is 1.35. The minimum Gasteiger partial charge on any atom is -0.465 e. The van der Waals surface area contributed by atoms with Gasteiger partial charge in [0.1, 0.15) is 5.82 Å². The van der Waals surface area contributed by atoms with Crippen LogP contribution in [-0.4, -0.2) is 28.0 Å². The molecule has 0 unspecified atom stereocenters. The van der Waals surface area contributed by atoms with E-state index in [1.807, 2.05) is 36.7 Å². The Morgan fingerprint density at radius 1 is 1.13 bits per heavy atom. The van der Waals surface area contributed by atoms with E-state index in [1.54, 1.807) is 0 Å². The van der Waals surface area contributed by atoms with Crippen molar-refractivity contribution in [3.05, 3.63) is 100 Å². The number of fused-ring (bicyclic) bond motifs is 2. The van der Waals surface area contributed by atoms with Crippen LogP contribution in [0.15, 0.2) is 60.9 Å². The van der Waals surface area contributed by atoms with Crippen molar-refractivity contribution >= 4 is 22.9 Å². The number of aromatic nitrogens is 3. The highest BCUT2D eigenvalue weighted by Gasteiger charge is 2.13. The third-order valence-corrected chi connectivity index (χ3v) is 5.80. The fourth-order valence-corrected chi connectivity index (χ4v) is 4.19. The first-order chi connectivity index (χ1) is 15.2. The number of carbonyl (C=O) groups is 1. The summed E-state index contributed by atoms with van der Waals surface area (Å²) < 4.78 is 4.90. The second-order valence-electron chi connectivity index (χ2n) is 7.85. The number of nitrogens with zero attached hydrogens (tertiary/aromatic N) is 2. The van der Waals surface area contributed by atoms with Crippen molar-refractivity contribution in [1.29, 1.82) is 0 Å². The highest BCUT2D eigenvalue weighted by molar-refractivity contribution is 5.96. The Bertz CT molecular complexity index is 1300. The molecule has 1 N–H and O–H groups in total. The number of benzene rings is 2. The van der Waals surface area contributed by atoms with Crippen molar-refractivity contribution in [2.75, 3.05) is 7.11 Å². The van der Waals surface area contributed by atoms with Gasteiger partial charge in [0.25, 0.3) is 0 Å². The van der Waals surface area contributed by atoms with Crippen LogP contribution in [0.1, 0.15) is 44.1 Å². The van der Waals surface area contributed by atoms with Gasteiger partial charge in [-0.05, 0) is 65.8 Å². The molecule has 0 aliphatic heterocycles. The van der Waals surface area contributed by atoms with Crippen LogP contribution in [-0.2, 0) is 30.4 Å². The Morgan fingerprint density at radius 3 is 2.97 bits per heavy atom. The molecule has 5 heteroatoms. The second-order valence-corrected chi connectivity index (χ2v) is 7.85. The zero-order valence-corrected chi connectivity index (χ0v) is 17.4. The Morgan fingerprint density at radius 2 is 2.06 bits per heavy atom. The highest BCUT2D eigenvalue weighted by atomic mass is 16.5. The molecule has 0 fully saturated rings. The lowest BCUT2D eigenvalue weighted by Crippen LogP contribution is -2.05. The van der Waals surface area contributed by atoms with Crippen LogP contribution in [0, 0.1) is 0 Å². The van der Waals surface area contributed by atoms with Crippen molar-refractivity contribution in [2.45, 2.75) is 25.7 Å². The summed E-state index contributed by atoms with van der Waals surface area (Å²) in [5, 5.41) is 1.06. The third kappa shape index (κ3) is 3.99. The molecule has 0 saturated heterocycles. The molecule has 1 aliphatic carbocycles. The second kappa shape index (κ2) is 8.19. The molecular formula is C26H23N3O2. The average molecular weight is 409 g/mol. The molecule has 0 atom stereocenters. The van der Waals surface area contributed by atoms with Crippen LogP contribution in [0.2, 0.25) is 0 Å². The standard InChI is InChI=1S/C26H23N3O2/c1-31-26(30)21-14-20(23-10-12-27-24(23)15-21)16-25-28-11-9-22(29-25)8-6-17-5-7-18-3-2-4-19(18)13-17/h2,4-5,7,9-15,27H,3,6,8,16H2,1H3. The molecule has 4 aromatic rings. The first-order valence-corrected chi connectivity index (χ1v) is 10.5. The number of methoxy groups -OCH3 is 1. The van der Waals surface area contributed by atoms with E-state index in [9.17, 15) is 4.79 Å². The molecule has 5 rings (SSSR count). The van der Waals surface area contributed by atoms with Gasteiger partial charge in [0.15, 0.2) is 0 Å². The summed E-state index contributed by atoms with van der Waals surface area (Å²) in [5.74, 6) is 0.399. The number of ether oxygens (including phenoxy) is 1. The van der Waals surface area contributed by atoms with Gasteiger partial charge in [-0.3, -0.25) is 0 Å². The number of carbonyl (C=O) groups excluding carboxylic acids is 1. The summed E-state index contributed by atoms with van der Waals surface area (Å²) in [7, 11) is 1.39. The lowest BCUT2D eigenvalue weighted by atomic mass is 10.0. The van der Waals surface area contributed by atoms with Crippen LogP contribution in [0.3, 0.4) is 0 Å². The quantitative estimate of drug-likeness (QED) is 0.469. The molecule has 1 aliphatic rings. The maximum absolute atomic E-state index is 12.1. The van der Waals surface area contributed by atoms with Gasteiger partial charge >= 0.3 is 5.97 Å². The van der Waals surface area contributed by atoms with Crippen LogP contribution in [0.25, 0.3) is 17.0 Å². The number of aryl methyl sites for hydroxylation is 2. The van der Waals surface area contributed by atoms with Crippen LogP contribution in [0.4, 0.5) is 0 Å². The van der Waals surface area contributed by atoms with E-state index in [-0.39, 0.29) is 5.97 Å². The predicted octanol–water partition coefficient (Wildman–Crippen LogP) is 4.69. The van der Waals surface area contributed by atoms with Gasteiger partial charge in [0.2, 0.25) is 0 Å². The average Bonchev–Trinajstić information content (AvgIpc) is 3.46. The number of hydrogen-bond acceptors (Lipinski definition) is 4. The van der Waals surface area contributed by atoms with Crippen molar-refractivity contribution < 1.29 is 9.53 Å². The predicted molar refractivity (Wildman–Crippen MR) is 121 cm³/mol. The van der Waals surface area contributed by atoms with Gasteiger partial charge in [0.05, 0.1) is 12.7 Å². The molecule has 0 radical (unpaired) electrons. The van der Waals surface area contributed by atoms with Crippen molar-refractivity contribution in [3.63, 3.8) is 0 Å². The van der Waals surface area contributed by atoms with Crippen LogP contribution < -0.4 is 0 Å². The van der Waals surface area contributed by atoms with E-state index >= 15 is 0 Å². The zero-order valence-electron chi connectivity index (χ0n) is 17.4. The molecule has 154 valence electrons. The van der Waals surface area contributed by atoms with E-state index in [0.717, 1.165) is 47.2 Å². The summed E-state index contributed by atoms with van der Waals surface area (Å²) in [6, 6.07) is 14.4. The van der Waals surface area contributed by atoms with Crippen LogP contribution >= 0.6 is 0 Å². The lowest BCUT2D eigenvalue weighted by molar-refractivity contribution is 0.0601. The number of H-pyrrole nitrogens is 1. The fraction of sp³-hybridized carbons (Fsp3) is 0.192. The number of rotatable bonds is 6. The minimum absolute atomic E-state index is 0.350. The van der Waals surface area contributed by atoms with Crippen LogP contribution in [0.5, 0.6) is 0 Å². The van der Waals surface area contributed by atoms with E-state index in [4.69, 9.17) is 9.72 Å². The molecule has 2 aromatic heterocycles. The molecular weight excluding hydrogens is 386 g/mol. The van der Waals surface area contributed by atoms with Gasteiger partial charge < -0.3 is 9.72 Å². The summed E-state index contributed by atoms with van der Waals surface area (Å²) >= 11 is 0. The monoisotopic (exact) mass is 409 g/mol. The smallest absolute Gasteiger partial charge is 0.337 e. The first kappa shape index (κ1) is 19.2. The van der Waals surface area contributed by atoms with Gasteiger partial charge in [0, 0.05) is 35.4 Å². The molecule has 2 heterocycles. The Hall–Kier alpha value is -3.73. The highest BCUT2D eigenvalue weighted by Crippen LogP contribution is 2.23. The molecule has 31 heavy (non-hydrogen) atoms. The molecule has 0 bridgehead atoms. The van der Waals surface area contributed by atoms with Crippen molar-refractivity contribution in [3.8, 4) is 0 Å². The number of nitrogens with one attached hydrogen (secondary N) is 1. The summed E-state index contributed by atoms with van der Waals surface area (Å²) in [4.78, 5) is 24.5. The number of esters is 1. The third-order valence-electron chi connectivity index (χ3n) is 5.80. The molecule has 0 amide bonds. The number of hydrogen-bond donors (Lipinski definition) is 1. The maximum atomic E-state index is 12.1. The molecule has 5 nitrogen and oxygen atoms in total. The number of allylic oxidation sites excluding steroid dienone is 1. The molecule has 0 spiro atoms. The summed E-state index contributed by atoms with van der Waals surface area (Å²) in [6.45, 7) is 0. The Labute approximate surface area is 180 Å². The van der Waals surface area contributed by atoms with E-state index in [1.165, 1.54) is 23.8 Å². The normalized spacial score (nSPS) is 12.3. The van der Waals surface area contributed by atoms with Gasteiger partial charge in [-0.2, -0.15) is 0 Å². The van der Waals surface area contributed by atoms with E-state index < -0.39 is 0 Å². The largest absolute Gasteiger partial charge is 0.465 e. The maximum Gasteiger partial charge on any atom is 0.337 e. The summed E-state index contributed by atoms with van der Waals surface area (Å²) in [6.07, 6.45) is 11.5. The SMILES string of the molecule is COC(=O)c1cc(Cc2nccc(CCc3ccc4c(c3)C=CC4)n2)c2cc[nH]c2c1. The number of aromatic amines is 1. The van der Waals surface area contributed by atoms with E-state index in [0.29, 0.717) is 12.0 Å². The van der Waals surface area contributed by atoms with Gasteiger partial charge in [-0.1, -0.05) is 30.4 Å². The van der Waals surface area contributed by atoms with Gasteiger partial charge in [-0.25, -0.2) is 14.8 Å².